The molecule has 1 N–H and O–H groups in total. The first-order valence-electron chi connectivity index (χ1n) is 11.0. The second-order valence-electron chi connectivity index (χ2n) is 8.52. The van der Waals surface area contributed by atoms with Gasteiger partial charge in [-0.1, -0.05) is 23.7 Å². The van der Waals surface area contributed by atoms with Crippen LogP contribution in [0.2, 0.25) is 5.02 Å². The topological polar surface area (TPSA) is 61.6 Å². The van der Waals surface area contributed by atoms with Crippen molar-refractivity contribution in [2.45, 2.75) is 51.5 Å². The van der Waals surface area contributed by atoms with E-state index in [1.165, 1.54) is 31.4 Å². The molecule has 4 rings (SSSR count). The van der Waals surface area contributed by atoms with Crippen LogP contribution < -0.4 is 10.2 Å². The number of hydrogen-bond donors (Lipinski definition) is 1. The zero-order valence-corrected chi connectivity index (χ0v) is 18.3. The first-order valence-corrected chi connectivity index (χ1v) is 11.4. The number of carbonyl (C=O) groups is 1. The molecule has 2 heterocycles. The maximum absolute atomic E-state index is 13.9. The molecule has 0 bridgehead atoms. The summed E-state index contributed by atoms with van der Waals surface area (Å²) >= 11 is 5.84. The number of nitrogens with zero attached hydrogens (tertiary/aromatic N) is 3. The van der Waals surface area contributed by atoms with Gasteiger partial charge in [0, 0.05) is 44.7 Å². The van der Waals surface area contributed by atoms with E-state index < -0.39 is 5.82 Å². The Labute approximate surface area is 181 Å². The fourth-order valence-electron chi connectivity index (χ4n) is 4.62. The van der Waals surface area contributed by atoms with Gasteiger partial charge in [0.15, 0.2) is 11.4 Å². The van der Waals surface area contributed by atoms with Crippen molar-refractivity contribution in [2.24, 2.45) is 5.92 Å². The lowest BCUT2D eigenvalue weighted by molar-refractivity contribution is -0.121. The molecule has 0 atom stereocenters. The van der Waals surface area contributed by atoms with E-state index >= 15 is 0 Å². The summed E-state index contributed by atoms with van der Waals surface area (Å²) in [5.41, 5.74) is 0.518. The van der Waals surface area contributed by atoms with Crippen molar-refractivity contribution in [3.63, 3.8) is 0 Å². The molecule has 0 spiro atoms. The molecule has 1 aromatic heterocycles. The number of piperazine rings is 1. The SMILES string of the molecule is CCC(=O)N[C@H]1CC[C@H](CCN2CCN(c3noc4cc(Cl)c(F)cc34)CC2)CC1. The number of anilines is 1. The molecule has 2 aliphatic rings. The van der Waals surface area contributed by atoms with E-state index in [1.807, 2.05) is 6.92 Å². The maximum atomic E-state index is 13.9. The number of nitrogens with one attached hydrogen (secondary N) is 1. The molecule has 8 heteroatoms. The second-order valence-corrected chi connectivity index (χ2v) is 8.93. The van der Waals surface area contributed by atoms with Crippen LogP contribution in [-0.2, 0) is 4.79 Å². The van der Waals surface area contributed by atoms with E-state index in [9.17, 15) is 9.18 Å². The van der Waals surface area contributed by atoms with Crippen LogP contribution in [0.1, 0.15) is 45.4 Å². The standard InChI is InChI=1S/C22H30ClFN4O2/c1-2-21(29)25-16-5-3-15(4-6-16)7-8-27-9-11-28(12-10-27)22-17-13-19(24)18(23)14-20(17)30-26-22/h13-16H,2-12H2,1H3,(H,25,29)/t15-,16-. The third kappa shape index (κ3) is 4.89. The summed E-state index contributed by atoms with van der Waals surface area (Å²) in [7, 11) is 0. The normalized spacial score (nSPS) is 23.1. The highest BCUT2D eigenvalue weighted by Gasteiger charge is 2.25. The number of benzene rings is 1. The average Bonchev–Trinajstić information content (AvgIpc) is 3.16. The molecule has 0 radical (unpaired) electrons. The van der Waals surface area contributed by atoms with Crippen LogP contribution in [0.3, 0.4) is 0 Å². The van der Waals surface area contributed by atoms with Gasteiger partial charge in [0.1, 0.15) is 5.82 Å². The number of fused-ring (bicyclic) bond motifs is 1. The summed E-state index contributed by atoms with van der Waals surface area (Å²) in [5, 5.41) is 8.02. The fraction of sp³-hybridized carbons (Fsp3) is 0.636. The first kappa shape index (κ1) is 21.4. The summed E-state index contributed by atoms with van der Waals surface area (Å²) < 4.78 is 19.2. The Morgan fingerprint density at radius 1 is 1.23 bits per heavy atom. The molecule has 1 aliphatic heterocycles. The van der Waals surface area contributed by atoms with Crippen LogP contribution in [0.25, 0.3) is 11.0 Å². The maximum Gasteiger partial charge on any atom is 0.219 e. The highest BCUT2D eigenvalue weighted by molar-refractivity contribution is 6.31. The molecule has 1 saturated heterocycles. The Balaban J connectivity index is 1.22. The van der Waals surface area contributed by atoms with Crippen LogP contribution >= 0.6 is 11.6 Å². The van der Waals surface area contributed by atoms with Gasteiger partial charge in [0.2, 0.25) is 5.91 Å². The van der Waals surface area contributed by atoms with Gasteiger partial charge in [-0.25, -0.2) is 4.39 Å². The van der Waals surface area contributed by atoms with Crippen LogP contribution in [0.4, 0.5) is 10.2 Å². The van der Waals surface area contributed by atoms with Crippen LogP contribution in [0, 0.1) is 11.7 Å². The lowest BCUT2D eigenvalue weighted by atomic mass is 9.84. The van der Waals surface area contributed by atoms with E-state index in [0.717, 1.165) is 51.5 Å². The lowest BCUT2D eigenvalue weighted by Crippen LogP contribution is -2.47. The zero-order valence-electron chi connectivity index (χ0n) is 17.5. The predicted octanol–water partition coefficient (Wildman–Crippen LogP) is 4.22. The predicted molar refractivity (Wildman–Crippen MR) is 116 cm³/mol. The van der Waals surface area contributed by atoms with E-state index in [0.29, 0.717) is 29.2 Å². The fourth-order valence-corrected chi connectivity index (χ4v) is 4.78. The number of carbonyl (C=O) groups excluding carboxylic acids is 1. The van der Waals surface area contributed by atoms with Crippen molar-refractivity contribution in [3.8, 4) is 0 Å². The average molecular weight is 437 g/mol. The molecule has 1 saturated carbocycles. The minimum Gasteiger partial charge on any atom is -0.354 e. The molecule has 2 fully saturated rings. The molecule has 6 nitrogen and oxygen atoms in total. The monoisotopic (exact) mass is 436 g/mol. The Morgan fingerprint density at radius 2 is 1.97 bits per heavy atom. The van der Waals surface area contributed by atoms with Gasteiger partial charge in [-0.15, -0.1) is 0 Å². The van der Waals surface area contributed by atoms with Crippen molar-refractivity contribution in [1.29, 1.82) is 0 Å². The number of halogens is 2. The molecule has 164 valence electrons. The second kappa shape index (κ2) is 9.52. The molecule has 2 aromatic rings. The van der Waals surface area contributed by atoms with Crippen LogP contribution in [0.15, 0.2) is 16.7 Å². The van der Waals surface area contributed by atoms with E-state index in [2.05, 4.69) is 20.3 Å². The minimum absolute atomic E-state index is 0.0526. The Hall–Kier alpha value is -1.86. The lowest BCUT2D eigenvalue weighted by Gasteiger charge is -2.36. The smallest absolute Gasteiger partial charge is 0.219 e. The van der Waals surface area contributed by atoms with Crippen molar-refractivity contribution >= 4 is 34.3 Å². The quantitative estimate of drug-likeness (QED) is 0.734. The van der Waals surface area contributed by atoms with Gasteiger partial charge in [-0.05, 0) is 50.6 Å². The van der Waals surface area contributed by atoms with Crippen molar-refractivity contribution in [3.05, 3.63) is 23.0 Å². The van der Waals surface area contributed by atoms with Crippen molar-refractivity contribution < 1.29 is 13.7 Å². The number of rotatable bonds is 6. The molecule has 0 unspecified atom stereocenters. The van der Waals surface area contributed by atoms with Gasteiger partial charge in [0.05, 0.1) is 10.4 Å². The summed E-state index contributed by atoms with van der Waals surface area (Å²) in [6.45, 7) is 6.63. The van der Waals surface area contributed by atoms with Crippen molar-refractivity contribution in [2.75, 3.05) is 37.6 Å². The first-order chi connectivity index (χ1) is 14.5. The third-order valence-corrected chi connectivity index (χ3v) is 6.84. The van der Waals surface area contributed by atoms with Gasteiger partial charge < -0.3 is 14.7 Å². The Morgan fingerprint density at radius 3 is 2.67 bits per heavy atom. The van der Waals surface area contributed by atoms with Gasteiger partial charge in [0.25, 0.3) is 0 Å². The van der Waals surface area contributed by atoms with Crippen LogP contribution in [-0.4, -0.2) is 54.7 Å². The zero-order chi connectivity index (χ0) is 21.1. The summed E-state index contributed by atoms with van der Waals surface area (Å²) in [6, 6.07) is 3.27. The van der Waals surface area contributed by atoms with E-state index in [-0.39, 0.29) is 10.9 Å². The molecule has 1 amide bonds. The van der Waals surface area contributed by atoms with Gasteiger partial charge >= 0.3 is 0 Å². The number of amides is 1. The summed E-state index contributed by atoms with van der Waals surface area (Å²) in [4.78, 5) is 16.2. The molecular formula is C22H30ClFN4O2. The Kier molecular flexibility index (Phi) is 6.78. The molecule has 1 aliphatic carbocycles. The number of hydrogen-bond acceptors (Lipinski definition) is 5. The highest BCUT2D eigenvalue weighted by atomic mass is 35.5. The molecule has 30 heavy (non-hydrogen) atoms. The van der Waals surface area contributed by atoms with Gasteiger partial charge in [-0.3, -0.25) is 9.69 Å². The summed E-state index contributed by atoms with van der Waals surface area (Å²) in [5.74, 6) is 1.18. The third-order valence-electron chi connectivity index (χ3n) is 6.55. The van der Waals surface area contributed by atoms with E-state index in [4.69, 9.17) is 16.1 Å². The summed E-state index contributed by atoms with van der Waals surface area (Å²) in [6.07, 6.45) is 6.39. The molecule has 1 aromatic carbocycles. The molecular weight excluding hydrogens is 407 g/mol. The number of aromatic nitrogens is 1. The van der Waals surface area contributed by atoms with E-state index in [1.54, 1.807) is 0 Å². The van der Waals surface area contributed by atoms with Crippen molar-refractivity contribution in [1.82, 2.24) is 15.4 Å². The van der Waals surface area contributed by atoms with Crippen LogP contribution in [0.5, 0.6) is 0 Å². The Bertz CT molecular complexity index is 873. The largest absolute Gasteiger partial charge is 0.354 e. The minimum atomic E-state index is -0.448. The highest BCUT2D eigenvalue weighted by Crippen LogP contribution is 2.31. The van der Waals surface area contributed by atoms with Gasteiger partial charge in [-0.2, -0.15) is 0 Å².